The summed E-state index contributed by atoms with van der Waals surface area (Å²) in [7, 11) is 1.74. The van der Waals surface area contributed by atoms with Gasteiger partial charge in [-0.05, 0) is 25.1 Å². The van der Waals surface area contributed by atoms with Crippen LogP contribution in [0.4, 0.5) is 17.3 Å². The molecule has 2 aromatic heterocycles. The van der Waals surface area contributed by atoms with E-state index in [-0.39, 0.29) is 11.6 Å². The molecule has 3 heterocycles. The topological polar surface area (TPSA) is 71.5 Å². The Morgan fingerprint density at radius 1 is 1.17 bits per heavy atom. The molecule has 1 saturated heterocycles. The van der Waals surface area contributed by atoms with Crippen LogP contribution in [0.2, 0.25) is 0 Å². The molecule has 1 fully saturated rings. The number of piperazine rings is 1. The van der Waals surface area contributed by atoms with E-state index in [9.17, 15) is 4.79 Å². The van der Waals surface area contributed by atoms with Crippen LogP contribution >= 0.6 is 0 Å². The standard InChI is InChI=1S/C21H21N7O/c1-15-13-27(17-6-4-5-16(11-17)22-2)9-10-28(15)21-25-19(12-20(29)26(21)3)18-7-8-23-14-24-18/h4-8,11-12,14-15H,9-10,13H2,1,3H3/t15-/m1/s1. The summed E-state index contributed by atoms with van der Waals surface area (Å²) in [5.41, 5.74) is 2.73. The van der Waals surface area contributed by atoms with Gasteiger partial charge in [0.2, 0.25) is 5.95 Å². The predicted molar refractivity (Wildman–Crippen MR) is 112 cm³/mol. The molecule has 8 heteroatoms. The van der Waals surface area contributed by atoms with Crippen molar-refractivity contribution in [2.24, 2.45) is 7.05 Å². The third-order valence-electron chi connectivity index (χ3n) is 5.16. The van der Waals surface area contributed by atoms with E-state index in [0.717, 1.165) is 25.3 Å². The number of hydrogen-bond acceptors (Lipinski definition) is 6. The Balaban J connectivity index is 1.62. The van der Waals surface area contributed by atoms with Gasteiger partial charge >= 0.3 is 0 Å². The summed E-state index contributed by atoms with van der Waals surface area (Å²) in [5, 5.41) is 0. The second-order valence-electron chi connectivity index (χ2n) is 7.05. The van der Waals surface area contributed by atoms with Crippen molar-refractivity contribution >= 4 is 17.3 Å². The van der Waals surface area contributed by atoms with Gasteiger partial charge in [0.05, 0.1) is 18.0 Å². The molecule has 3 aromatic rings. The normalized spacial score (nSPS) is 16.5. The average molecular weight is 387 g/mol. The van der Waals surface area contributed by atoms with Crippen molar-refractivity contribution in [1.29, 1.82) is 0 Å². The van der Waals surface area contributed by atoms with Crippen molar-refractivity contribution in [2.45, 2.75) is 13.0 Å². The molecule has 0 spiro atoms. The van der Waals surface area contributed by atoms with Crippen LogP contribution in [0.1, 0.15) is 6.92 Å². The molecule has 146 valence electrons. The molecular weight excluding hydrogens is 366 g/mol. The van der Waals surface area contributed by atoms with Crippen LogP contribution in [0, 0.1) is 6.57 Å². The number of anilines is 2. The van der Waals surface area contributed by atoms with Crippen LogP contribution in [0.15, 0.2) is 53.7 Å². The highest BCUT2D eigenvalue weighted by Crippen LogP contribution is 2.26. The van der Waals surface area contributed by atoms with Gasteiger partial charge in [-0.3, -0.25) is 9.36 Å². The monoisotopic (exact) mass is 387 g/mol. The van der Waals surface area contributed by atoms with Crippen molar-refractivity contribution in [1.82, 2.24) is 19.5 Å². The molecule has 0 saturated carbocycles. The molecule has 1 aromatic carbocycles. The molecular formula is C21H21N7O. The fourth-order valence-corrected chi connectivity index (χ4v) is 3.61. The first-order valence-corrected chi connectivity index (χ1v) is 9.40. The number of nitrogens with zero attached hydrogens (tertiary/aromatic N) is 7. The van der Waals surface area contributed by atoms with E-state index in [2.05, 4.69) is 31.5 Å². The zero-order valence-electron chi connectivity index (χ0n) is 16.4. The van der Waals surface area contributed by atoms with Crippen molar-refractivity contribution in [3.63, 3.8) is 0 Å². The van der Waals surface area contributed by atoms with Gasteiger partial charge in [-0.2, -0.15) is 0 Å². The van der Waals surface area contributed by atoms with Gasteiger partial charge in [0.15, 0.2) is 5.69 Å². The zero-order valence-corrected chi connectivity index (χ0v) is 16.4. The number of benzene rings is 1. The fourth-order valence-electron chi connectivity index (χ4n) is 3.61. The lowest BCUT2D eigenvalue weighted by molar-refractivity contribution is 0.529. The third kappa shape index (κ3) is 3.67. The molecule has 0 aliphatic carbocycles. The number of aromatic nitrogens is 4. The van der Waals surface area contributed by atoms with Crippen molar-refractivity contribution < 1.29 is 0 Å². The van der Waals surface area contributed by atoms with Crippen LogP contribution < -0.4 is 15.4 Å². The van der Waals surface area contributed by atoms with Crippen LogP contribution in [0.25, 0.3) is 16.2 Å². The highest BCUT2D eigenvalue weighted by Gasteiger charge is 2.27. The Morgan fingerprint density at radius 3 is 2.76 bits per heavy atom. The first-order chi connectivity index (χ1) is 14.1. The largest absolute Gasteiger partial charge is 0.369 e. The average Bonchev–Trinajstić information content (AvgIpc) is 2.76. The lowest BCUT2D eigenvalue weighted by Crippen LogP contribution is -2.53. The van der Waals surface area contributed by atoms with E-state index in [1.54, 1.807) is 23.9 Å². The molecule has 1 aliphatic heterocycles. The Bertz CT molecular complexity index is 1120. The van der Waals surface area contributed by atoms with Crippen molar-refractivity contribution in [3.8, 4) is 11.4 Å². The lowest BCUT2D eigenvalue weighted by atomic mass is 10.1. The summed E-state index contributed by atoms with van der Waals surface area (Å²) in [4.78, 5) is 33.4. The highest BCUT2D eigenvalue weighted by atomic mass is 16.1. The van der Waals surface area contributed by atoms with E-state index in [1.165, 1.54) is 12.4 Å². The molecule has 0 radical (unpaired) electrons. The number of rotatable bonds is 3. The Labute approximate surface area is 168 Å². The predicted octanol–water partition coefficient (Wildman–Crippen LogP) is 2.50. The molecule has 29 heavy (non-hydrogen) atoms. The molecule has 1 atom stereocenters. The van der Waals surface area contributed by atoms with E-state index in [4.69, 9.17) is 11.6 Å². The minimum Gasteiger partial charge on any atom is -0.369 e. The second-order valence-corrected chi connectivity index (χ2v) is 7.05. The summed E-state index contributed by atoms with van der Waals surface area (Å²) in [6.07, 6.45) is 3.09. The van der Waals surface area contributed by atoms with E-state index < -0.39 is 0 Å². The van der Waals surface area contributed by atoms with Gasteiger partial charge in [-0.25, -0.2) is 19.8 Å². The Morgan fingerprint density at radius 2 is 2.03 bits per heavy atom. The minimum atomic E-state index is -0.122. The summed E-state index contributed by atoms with van der Waals surface area (Å²) in [6, 6.07) is 11.1. The minimum absolute atomic E-state index is 0.122. The molecule has 0 bridgehead atoms. The van der Waals surface area contributed by atoms with E-state index >= 15 is 0 Å². The fraction of sp³-hybridized carbons (Fsp3) is 0.286. The smallest absolute Gasteiger partial charge is 0.255 e. The maximum absolute atomic E-state index is 12.6. The molecule has 0 amide bonds. The highest BCUT2D eigenvalue weighted by molar-refractivity contribution is 5.60. The molecule has 1 aliphatic rings. The number of hydrogen-bond donors (Lipinski definition) is 0. The van der Waals surface area contributed by atoms with E-state index in [0.29, 0.717) is 23.0 Å². The maximum Gasteiger partial charge on any atom is 0.255 e. The summed E-state index contributed by atoms with van der Waals surface area (Å²) >= 11 is 0. The lowest BCUT2D eigenvalue weighted by Gasteiger charge is -2.42. The van der Waals surface area contributed by atoms with Crippen LogP contribution in [-0.2, 0) is 7.05 Å². The van der Waals surface area contributed by atoms with Gasteiger partial charge in [0, 0.05) is 50.7 Å². The third-order valence-corrected chi connectivity index (χ3v) is 5.16. The van der Waals surface area contributed by atoms with Crippen molar-refractivity contribution in [3.05, 3.63) is 70.7 Å². The molecule has 8 nitrogen and oxygen atoms in total. The Kier molecular flexibility index (Phi) is 4.96. The summed E-state index contributed by atoms with van der Waals surface area (Å²) in [6.45, 7) is 11.6. The summed E-state index contributed by atoms with van der Waals surface area (Å²) in [5.74, 6) is 0.633. The zero-order chi connectivity index (χ0) is 20.4. The quantitative estimate of drug-likeness (QED) is 0.643. The first kappa shape index (κ1) is 18.6. The second kappa shape index (κ2) is 7.72. The SMILES string of the molecule is [C-]#[N+]c1cccc(N2CCN(c3nc(-c4ccncn4)cc(=O)n3C)[C@H](C)C2)c1. The molecule has 4 rings (SSSR count). The van der Waals surface area contributed by atoms with E-state index in [1.807, 2.05) is 24.3 Å². The van der Waals surface area contributed by atoms with Gasteiger partial charge < -0.3 is 9.80 Å². The first-order valence-electron chi connectivity index (χ1n) is 9.40. The maximum atomic E-state index is 12.6. The van der Waals surface area contributed by atoms with Crippen molar-refractivity contribution in [2.75, 3.05) is 29.4 Å². The van der Waals surface area contributed by atoms with Crippen LogP contribution in [-0.4, -0.2) is 45.2 Å². The van der Waals surface area contributed by atoms with Gasteiger partial charge in [-0.15, -0.1) is 0 Å². The van der Waals surface area contributed by atoms with Gasteiger partial charge in [-0.1, -0.05) is 12.1 Å². The molecule has 0 N–H and O–H groups in total. The summed E-state index contributed by atoms with van der Waals surface area (Å²) < 4.78 is 1.58. The molecule has 0 unspecified atom stereocenters. The van der Waals surface area contributed by atoms with Gasteiger partial charge in [0.25, 0.3) is 5.56 Å². The van der Waals surface area contributed by atoms with Crippen LogP contribution in [0.5, 0.6) is 0 Å². The van der Waals surface area contributed by atoms with Crippen LogP contribution in [0.3, 0.4) is 0 Å². The van der Waals surface area contributed by atoms with Gasteiger partial charge in [0.1, 0.15) is 6.33 Å². The Hall–Kier alpha value is -3.73.